The number of fused-ring (bicyclic) bond motifs is 4. The molecule has 6 aromatic carbocycles. The van der Waals surface area contributed by atoms with Crippen molar-refractivity contribution in [3.63, 3.8) is 0 Å². The van der Waals surface area contributed by atoms with Crippen LogP contribution in [0.25, 0.3) is 60.5 Å². The summed E-state index contributed by atoms with van der Waals surface area (Å²) in [5.74, 6) is 0. The van der Waals surface area contributed by atoms with Gasteiger partial charge in [0.1, 0.15) is 0 Å². The van der Waals surface area contributed by atoms with Gasteiger partial charge in [-0.2, -0.15) is 0 Å². The molecule has 0 saturated carbocycles. The standard InChI is InChI=1S/C34H23N/c1-3-11-24(12-4-1)27-21-22-28(30-16-8-7-15-29(27)30)25-19-20-32-31-17-9-10-18-33(31)35(34(32)23-25)26-13-5-2-6-14-26/h1-23H/i1D,3D,4D,11D,12D. The molecule has 0 amide bonds. The van der Waals surface area contributed by atoms with E-state index >= 15 is 0 Å². The molecule has 0 spiro atoms. The highest BCUT2D eigenvalue weighted by Gasteiger charge is 2.14. The van der Waals surface area contributed by atoms with E-state index in [1.165, 1.54) is 10.8 Å². The molecular formula is C34H23N. The molecule has 0 saturated heterocycles. The Labute approximate surface area is 211 Å². The van der Waals surface area contributed by atoms with Gasteiger partial charge in [0, 0.05) is 16.5 Å². The van der Waals surface area contributed by atoms with Gasteiger partial charge in [-0.25, -0.2) is 0 Å². The average Bonchev–Trinajstić information content (AvgIpc) is 3.33. The monoisotopic (exact) mass is 450 g/mol. The molecule has 0 aliphatic carbocycles. The van der Waals surface area contributed by atoms with Gasteiger partial charge in [-0.15, -0.1) is 0 Å². The second kappa shape index (κ2) is 8.00. The fraction of sp³-hybridized carbons (Fsp3) is 0. The van der Waals surface area contributed by atoms with Crippen molar-refractivity contribution < 1.29 is 6.85 Å². The van der Waals surface area contributed by atoms with Crippen molar-refractivity contribution in [2.24, 2.45) is 0 Å². The molecule has 0 fully saturated rings. The SMILES string of the molecule is [2H]c1c([2H])c([2H])c(-c2ccc(-c3ccc4c5ccccc5n(-c5ccccc5)c4c3)c3ccccc23)c([2H])c1[2H]. The highest BCUT2D eigenvalue weighted by atomic mass is 15.0. The topological polar surface area (TPSA) is 4.93 Å². The number of benzene rings is 6. The van der Waals surface area contributed by atoms with Crippen LogP contribution in [0.4, 0.5) is 0 Å². The first-order valence-corrected chi connectivity index (χ1v) is 11.6. The Bertz CT molecular complexity index is 2080. The Kier molecular flexibility index (Phi) is 3.50. The molecule has 0 aliphatic rings. The minimum absolute atomic E-state index is 0.197. The first kappa shape index (κ1) is 15.3. The van der Waals surface area contributed by atoms with E-state index in [2.05, 4.69) is 59.2 Å². The first-order chi connectivity index (χ1) is 19.5. The Balaban J connectivity index is 1.50. The molecule has 0 N–H and O–H groups in total. The van der Waals surface area contributed by atoms with E-state index < -0.39 is 0 Å². The molecule has 0 atom stereocenters. The van der Waals surface area contributed by atoms with Crippen LogP contribution in [0.1, 0.15) is 6.85 Å². The number of nitrogens with zero attached hydrogens (tertiary/aromatic N) is 1. The maximum atomic E-state index is 8.54. The quantitative estimate of drug-likeness (QED) is 0.253. The van der Waals surface area contributed by atoms with Gasteiger partial charge in [-0.3, -0.25) is 0 Å². The third-order valence-electron chi connectivity index (χ3n) is 6.69. The van der Waals surface area contributed by atoms with Gasteiger partial charge in [0.15, 0.2) is 0 Å². The van der Waals surface area contributed by atoms with Gasteiger partial charge < -0.3 is 4.57 Å². The van der Waals surface area contributed by atoms with E-state index in [-0.39, 0.29) is 35.8 Å². The molecule has 0 unspecified atom stereocenters. The zero-order valence-electron chi connectivity index (χ0n) is 23.8. The summed E-state index contributed by atoms with van der Waals surface area (Å²) in [4.78, 5) is 0. The second-order valence-corrected chi connectivity index (χ2v) is 8.63. The summed E-state index contributed by atoms with van der Waals surface area (Å²) in [6, 6.07) is 35.6. The van der Waals surface area contributed by atoms with Crippen LogP contribution in [-0.2, 0) is 0 Å². The van der Waals surface area contributed by atoms with Gasteiger partial charge in [-0.05, 0) is 57.3 Å². The van der Waals surface area contributed by atoms with Gasteiger partial charge in [0.2, 0.25) is 0 Å². The summed E-state index contributed by atoms with van der Waals surface area (Å²) in [6.45, 7) is 0. The lowest BCUT2D eigenvalue weighted by molar-refractivity contribution is 1.18. The van der Waals surface area contributed by atoms with Crippen LogP contribution < -0.4 is 0 Å². The van der Waals surface area contributed by atoms with Crippen LogP contribution in [-0.4, -0.2) is 4.57 Å². The predicted octanol–water partition coefficient (Wildman–Crippen LogP) is 9.27. The molecule has 1 aromatic heterocycles. The Hall–Kier alpha value is -4.62. The molecule has 7 aromatic rings. The van der Waals surface area contributed by atoms with Crippen LogP contribution in [0.15, 0.2) is 139 Å². The van der Waals surface area contributed by atoms with E-state index in [1.807, 2.05) is 54.6 Å². The molecular weight excluding hydrogens is 422 g/mol. The Morgan fingerprint density at radius 1 is 0.457 bits per heavy atom. The maximum absolute atomic E-state index is 8.54. The minimum Gasteiger partial charge on any atom is -0.309 e. The summed E-state index contributed by atoms with van der Waals surface area (Å²) in [5, 5.41) is 4.15. The zero-order valence-corrected chi connectivity index (χ0v) is 18.8. The predicted molar refractivity (Wildman–Crippen MR) is 149 cm³/mol. The van der Waals surface area contributed by atoms with E-state index in [4.69, 9.17) is 6.85 Å². The Morgan fingerprint density at radius 2 is 1.06 bits per heavy atom. The molecule has 164 valence electrons. The van der Waals surface area contributed by atoms with Crippen molar-refractivity contribution in [3.8, 4) is 27.9 Å². The molecule has 0 bridgehead atoms. The normalized spacial score (nSPS) is 13.4. The number of aromatic nitrogens is 1. The molecule has 7 rings (SSSR count). The Morgan fingerprint density at radius 3 is 1.80 bits per heavy atom. The van der Waals surface area contributed by atoms with Crippen molar-refractivity contribution in [2.75, 3.05) is 0 Å². The summed E-state index contributed by atoms with van der Waals surface area (Å²) in [7, 11) is 0. The lowest BCUT2D eigenvalue weighted by Crippen LogP contribution is -1.93. The maximum Gasteiger partial charge on any atom is 0.0629 e. The molecule has 1 heterocycles. The van der Waals surface area contributed by atoms with Gasteiger partial charge in [0.25, 0.3) is 0 Å². The van der Waals surface area contributed by atoms with Crippen LogP contribution in [0.5, 0.6) is 0 Å². The van der Waals surface area contributed by atoms with Crippen LogP contribution in [0.2, 0.25) is 0 Å². The fourth-order valence-corrected chi connectivity index (χ4v) is 5.15. The minimum atomic E-state index is -0.387. The van der Waals surface area contributed by atoms with Crippen molar-refractivity contribution in [1.82, 2.24) is 4.57 Å². The largest absolute Gasteiger partial charge is 0.309 e. The van der Waals surface area contributed by atoms with Crippen LogP contribution in [0.3, 0.4) is 0 Å². The van der Waals surface area contributed by atoms with Gasteiger partial charge >= 0.3 is 0 Å². The van der Waals surface area contributed by atoms with E-state index in [0.29, 0.717) is 5.56 Å². The van der Waals surface area contributed by atoms with Crippen molar-refractivity contribution in [3.05, 3.63) is 139 Å². The smallest absolute Gasteiger partial charge is 0.0629 e. The molecule has 0 aliphatic heterocycles. The van der Waals surface area contributed by atoms with Crippen molar-refractivity contribution in [1.29, 1.82) is 0 Å². The number of hydrogen-bond acceptors (Lipinski definition) is 0. The van der Waals surface area contributed by atoms with Crippen LogP contribution >= 0.6 is 0 Å². The molecule has 35 heavy (non-hydrogen) atoms. The summed E-state index contributed by atoms with van der Waals surface area (Å²) in [5.41, 5.74) is 6.22. The summed E-state index contributed by atoms with van der Waals surface area (Å²) >= 11 is 0. The molecule has 1 heteroatoms. The fourth-order valence-electron chi connectivity index (χ4n) is 5.15. The summed E-state index contributed by atoms with van der Waals surface area (Å²) < 4.78 is 43.7. The summed E-state index contributed by atoms with van der Waals surface area (Å²) in [6.07, 6.45) is 0. The lowest BCUT2D eigenvalue weighted by atomic mass is 9.92. The van der Waals surface area contributed by atoms with E-state index in [1.54, 1.807) is 0 Å². The van der Waals surface area contributed by atoms with E-state index in [0.717, 1.165) is 38.6 Å². The van der Waals surface area contributed by atoms with Crippen LogP contribution in [0, 0.1) is 0 Å². The first-order valence-electron chi connectivity index (χ1n) is 14.1. The molecule has 0 radical (unpaired) electrons. The zero-order chi connectivity index (χ0) is 27.5. The average molecular weight is 451 g/mol. The van der Waals surface area contributed by atoms with E-state index in [9.17, 15) is 0 Å². The third kappa shape index (κ3) is 3.17. The second-order valence-electron chi connectivity index (χ2n) is 8.63. The van der Waals surface area contributed by atoms with Gasteiger partial charge in [-0.1, -0.05) is 115 Å². The number of para-hydroxylation sites is 2. The highest BCUT2D eigenvalue weighted by molar-refractivity contribution is 6.11. The molecule has 1 nitrogen and oxygen atoms in total. The number of rotatable bonds is 3. The van der Waals surface area contributed by atoms with Crippen molar-refractivity contribution >= 4 is 32.6 Å². The van der Waals surface area contributed by atoms with Crippen molar-refractivity contribution in [2.45, 2.75) is 0 Å². The number of hydrogen-bond donors (Lipinski definition) is 0. The third-order valence-corrected chi connectivity index (χ3v) is 6.69. The lowest BCUT2D eigenvalue weighted by Gasteiger charge is -2.13. The highest BCUT2D eigenvalue weighted by Crippen LogP contribution is 2.39. The van der Waals surface area contributed by atoms with Gasteiger partial charge in [0.05, 0.1) is 17.9 Å².